The number of ether oxygens (including phenoxy) is 1. The van der Waals surface area contributed by atoms with Crippen molar-refractivity contribution in [3.63, 3.8) is 0 Å². The van der Waals surface area contributed by atoms with Crippen molar-refractivity contribution in [3.8, 4) is 5.75 Å². The van der Waals surface area contributed by atoms with Gasteiger partial charge in [-0.1, -0.05) is 11.6 Å². The van der Waals surface area contributed by atoms with Crippen molar-refractivity contribution in [1.29, 1.82) is 0 Å². The van der Waals surface area contributed by atoms with E-state index in [2.05, 4.69) is 5.32 Å². The first-order valence-electron chi connectivity index (χ1n) is 7.53. The number of piperidine rings is 1. The molecular formula is C16H20Cl2N2O3. The molecule has 1 saturated heterocycles. The Kier molecular flexibility index (Phi) is 6.54. The summed E-state index contributed by atoms with van der Waals surface area (Å²) < 4.78 is 5.20. The number of amides is 2. The van der Waals surface area contributed by atoms with Crippen molar-refractivity contribution in [3.05, 3.63) is 28.8 Å². The van der Waals surface area contributed by atoms with Crippen LogP contribution >= 0.6 is 23.2 Å². The highest BCUT2D eigenvalue weighted by atomic mass is 35.5. The molecule has 0 saturated carbocycles. The number of alkyl halides is 1. The number of halogens is 2. The normalized spacial score (nSPS) is 15.3. The molecule has 0 aromatic heterocycles. The van der Waals surface area contributed by atoms with Gasteiger partial charge < -0.3 is 15.0 Å². The molecular weight excluding hydrogens is 339 g/mol. The van der Waals surface area contributed by atoms with Crippen LogP contribution in [0.5, 0.6) is 5.75 Å². The molecule has 1 heterocycles. The average molecular weight is 359 g/mol. The molecule has 1 fully saturated rings. The molecule has 126 valence electrons. The minimum atomic E-state index is -0.213. The largest absolute Gasteiger partial charge is 0.496 e. The van der Waals surface area contributed by atoms with E-state index in [-0.39, 0.29) is 17.9 Å². The first-order valence-corrected chi connectivity index (χ1v) is 8.44. The standard InChI is InChI=1S/C16H20Cl2N2O3/c1-23-14-3-2-11(18)10-13(14)16(22)19-12-5-8-20(9-6-12)15(21)4-7-17/h2-3,10,12H,4-9H2,1H3,(H,19,22). The van der Waals surface area contributed by atoms with E-state index in [0.29, 0.717) is 41.7 Å². The smallest absolute Gasteiger partial charge is 0.255 e. The summed E-state index contributed by atoms with van der Waals surface area (Å²) in [5.41, 5.74) is 0.417. The van der Waals surface area contributed by atoms with Gasteiger partial charge in [0.15, 0.2) is 0 Å². The molecule has 1 aliphatic rings. The van der Waals surface area contributed by atoms with Crippen LogP contribution < -0.4 is 10.1 Å². The van der Waals surface area contributed by atoms with Gasteiger partial charge in [0.2, 0.25) is 5.91 Å². The van der Waals surface area contributed by atoms with Crippen LogP contribution in [0.25, 0.3) is 0 Å². The molecule has 23 heavy (non-hydrogen) atoms. The molecule has 0 spiro atoms. The number of rotatable bonds is 5. The second-order valence-electron chi connectivity index (χ2n) is 5.41. The van der Waals surface area contributed by atoms with Crippen LogP contribution in [0.15, 0.2) is 18.2 Å². The van der Waals surface area contributed by atoms with Gasteiger partial charge in [-0.05, 0) is 31.0 Å². The number of nitrogens with one attached hydrogen (secondary N) is 1. The number of likely N-dealkylation sites (tertiary alicyclic amines) is 1. The second-order valence-corrected chi connectivity index (χ2v) is 6.23. The Labute approximate surface area is 145 Å². The second kappa shape index (κ2) is 8.41. The lowest BCUT2D eigenvalue weighted by Gasteiger charge is -2.32. The molecule has 0 radical (unpaired) electrons. The van der Waals surface area contributed by atoms with Crippen LogP contribution in [-0.4, -0.2) is 48.8 Å². The first-order chi connectivity index (χ1) is 11.0. The fraction of sp³-hybridized carbons (Fsp3) is 0.500. The maximum atomic E-state index is 12.4. The summed E-state index contributed by atoms with van der Waals surface area (Å²) in [4.78, 5) is 26.0. The van der Waals surface area contributed by atoms with Gasteiger partial charge in [0.1, 0.15) is 5.75 Å². The van der Waals surface area contributed by atoms with E-state index in [0.717, 1.165) is 12.8 Å². The van der Waals surface area contributed by atoms with Crippen molar-refractivity contribution in [1.82, 2.24) is 10.2 Å². The molecule has 0 bridgehead atoms. The third-order valence-corrected chi connectivity index (χ3v) is 4.32. The fourth-order valence-electron chi connectivity index (χ4n) is 2.63. The average Bonchev–Trinajstić information content (AvgIpc) is 2.55. The van der Waals surface area contributed by atoms with Gasteiger partial charge in [-0.25, -0.2) is 0 Å². The summed E-state index contributed by atoms with van der Waals surface area (Å²) in [6.07, 6.45) is 1.81. The van der Waals surface area contributed by atoms with E-state index in [9.17, 15) is 9.59 Å². The summed E-state index contributed by atoms with van der Waals surface area (Å²) in [7, 11) is 1.51. The Bertz CT molecular complexity index is 572. The highest BCUT2D eigenvalue weighted by Crippen LogP contribution is 2.23. The Balaban J connectivity index is 1.93. The van der Waals surface area contributed by atoms with E-state index in [1.807, 2.05) is 0 Å². The first kappa shape index (κ1) is 17.9. The number of carbonyl (C=O) groups excluding carboxylic acids is 2. The zero-order valence-electron chi connectivity index (χ0n) is 13.0. The third kappa shape index (κ3) is 4.75. The van der Waals surface area contributed by atoms with Crippen LogP contribution in [0.4, 0.5) is 0 Å². The van der Waals surface area contributed by atoms with Crippen molar-refractivity contribution >= 4 is 35.0 Å². The van der Waals surface area contributed by atoms with Gasteiger partial charge in [0.05, 0.1) is 12.7 Å². The number of methoxy groups -OCH3 is 1. The molecule has 7 heteroatoms. The van der Waals surface area contributed by atoms with Crippen LogP contribution in [-0.2, 0) is 4.79 Å². The van der Waals surface area contributed by atoms with E-state index >= 15 is 0 Å². The molecule has 0 aliphatic carbocycles. The van der Waals surface area contributed by atoms with E-state index in [1.54, 1.807) is 23.1 Å². The Morgan fingerprint density at radius 2 is 2.04 bits per heavy atom. The molecule has 1 aromatic carbocycles. The monoisotopic (exact) mass is 358 g/mol. The minimum absolute atomic E-state index is 0.0336. The maximum absolute atomic E-state index is 12.4. The van der Waals surface area contributed by atoms with E-state index < -0.39 is 0 Å². The molecule has 1 N–H and O–H groups in total. The summed E-state index contributed by atoms with van der Waals surface area (Å²) in [5, 5.41) is 3.47. The van der Waals surface area contributed by atoms with Gasteiger partial charge in [-0.15, -0.1) is 11.6 Å². The van der Waals surface area contributed by atoms with Crippen molar-refractivity contribution in [2.75, 3.05) is 26.1 Å². The van der Waals surface area contributed by atoms with E-state index in [1.165, 1.54) is 7.11 Å². The Morgan fingerprint density at radius 3 is 2.65 bits per heavy atom. The summed E-state index contributed by atoms with van der Waals surface area (Å²) >= 11 is 11.5. The molecule has 5 nitrogen and oxygen atoms in total. The number of nitrogens with zero attached hydrogens (tertiary/aromatic N) is 1. The van der Waals surface area contributed by atoms with Crippen molar-refractivity contribution in [2.45, 2.75) is 25.3 Å². The number of hydrogen-bond acceptors (Lipinski definition) is 3. The highest BCUT2D eigenvalue weighted by Gasteiger charge is 2.24. The number of benzene rings is 1. The molecule has 1 aliphatic heterocycles. The molecule has 0 atom stereocenters. The lowest BCUT2D eigenvalue weighted by Crippen LogP contribution is -2.46. The maximum Gasteiger partial charge on any atom is 0.255 e. The van der Waals surface area contributed by atoms with Gasteiger partial charge >= 0.3 is 0 Å². The Morgan fingerprint density at radius 1 is 1.35 bits per heavy atom. The van der Waals surface area contributed by atoms with Crippen LogP contribution in [0.2, 0.25) is 5.02 Å². The molecule has 0 unspecified atom stereocenters. The number of carbonyl (C=O) groups is 2. The summed E-state index contributed by atoms with van der Waals surface area (Å²) in [6, 6.07) is 4.98. The highest BCUT2D eigenvalue weighted by molar-refractivity contribution is 6.31. The van der Waals surface area contributed by atoms with Gasteiger partial charge in [-0.3, -0.25) is 9.59 Å². The quantitative estimate of drug-likeness (QED) is 0.823. The summed E-state index contributed by atoms with van der Waals surface area (Å²) in [5.74, 6) is 0.683. The molecule has 1 aromatic rings. The van der Waals surface area contributed by atoms with Crippen molar-refractivity contribution in [2.24, 2.45) is 0 Å². The fourth-order valence-corrected chi connectivity index (χ4v) is 2.97. The lowest BCUT2D eigenvalue weighted by molar-refractivity contribution is -0.131. The molecule has 2 amide bonds. The number of hydrogen-bond donors (Lipinski definition) is 1. The molecule has 2 rings (SSSR count). The zero-order valence-corrected chi connectivity index (χ0v) is 14.5. The van der Waals surface area contributed by atoms with Crippen LogP contribution in [0, 0.1) is 0 Å². The predicted molar refractivity (Wildman–Crippen MR) is 90.4 cm³/mol. The minimum Gasteiger partial charge on any atom is -0.496 e. The zero-order chi connectivity index (χ0) is 16.8. The summed E-state index contributed by atoms with van der Waals surface area (Å²) in [6.45, 7) is 1.26. The van der Waals surface area contributed by atoms with Crippen molar-refractivity contribution < 1.29 is 14.3 Å². The lowest BCUT2D eigenvalue weighted by atomic mass is 10.0. The van der Waals surface area contributed by atoms with Gasteiger partial charge in [0.25, 0.3) is 5.91 Å². The SMILES string of the molecule is COc1ccc(Cl)cc1C(=O)NC1CCN(C(=O)CCCl)CC1. The van der Waals surface area contributed by atoms with Crippen LogP contribution in [0.3, 0.4) is 0 Å². The Hall–Kier alpha value is -1.46. The predicted octanol–water partition coefficient (Wildman–Crippen LogP) is 2.70. The van der Waals surface area contributed by atoms with Crippen LogP contribution in [0.1, 0.15) is 29.6 Å². The van der Waals surface area contributed by atoms with E-state index in [4.69, 9.17) is 27.9 Å². The topological polar surface area (TPSA) is 58.6 Å². The van der Waals surface area contributed by atoms with Gasteiger partial charge in [0, 0.05) is 36.5 Å². The van der Waals surface area contributed by atoms with Gasteiger partial charge in [-0.2, -0.15) is 0 Å². The third-order valence-electron chi connectivity index (χ3n) is 3.90.